The van der Waals surface area contributed by atoms with Crippen LogP contribution in [-0.2, 0) is 6.42 Å². The van der Waals surface area contributed by atoms with Gasteiger partial charge >= 0.3 is 0 Å². The molecular formula is C21H22O2. The van der Waals surface area contributed by atoms with E-state index in [1.807, 2.05) is 49.4 Å². The Labute approximate surface area is 137 Å². The first-order valence-electron chi connectivity index (χ1n) is 8.12. The van der Waals surface area contributed by atoms with E-state index in [2.05, 4.69) is 31.2 Å². The predicted molar refractivity (Wildman–Crippen MR) is 95.4 cm³/mol. The molecule has 0 radical (unpaired) electrons. The van der Waals surface area contributed by atoms with Crippen molar-refractivity contribution >= 4 is 10.8 Å². The third-order valence-corrected chi connectivity index (χ3v) is 3.81. The number of hydrogen-bond acceptors (Lipinski definition) is 2. The summed E-state index contributed by atoms with van der Waals surface area (Å²) in [7, 11) is 0. The minimum atomic E-state index is 0.130. The molecule has 0 saturated carbocycles. The molecule has 0 aliphatic rings. The van der Waals surface area contributed by atoms with Gasteiger partial charge in [0.1, 0.15) is 11.5 Å². The zero-order valence-electron chi connectivity index (χ0n) is 13.7. The molecule has 1 atom stereocenters. The van der Waals surface area contributed by atoms with Crippen LogP contribution in [0.1, 0.15) is 19.4 Å². The first-order valence-corrected chi connectivity index (χ1v) is 8.12. The number of rotatable bonds is 6. The van der Waals surface area contributed by atoms with Crippen LogP contribution in [0.5, 0.6) is 11.5 Å². The number of ether oxygens (including phenoxy) is 2. The van der Waals surface area contributed by atoms with Crippen molar-refractivity contribution in [1.29, 1.82) is 0 Å². The highest BCUT2D eigenvalue weighted by Crippen LogP contribution is 2.27. The Bertz CT molecular complexity index is 765. The maximum Gasteiger partial charge on any atom is 0.127 e. The van der Waals surface area contributed by atoms with Gasteiger partial charge in [0.2, 0.25) is 0 Å². The van der Waals surface area contributed by atoms with Crippen LogP contribution in [0.3, 0.4) is 0 Å². The van der Waals surface area contributed by atoms with E-state index in [4.69, 9.17) is 9.47 Å². The molecule has 0 aliphatic heterocycles. The Morgan fingerprint density at radius 2 is 1.74 bits per heavy atom. The molecule has 0 fully saturated rings. The van der Waals surface area contributed by atoms with Crippen molar-refractivity contribution < 1.29 is 9.47 Å². The van der Waals surface area contributed by atoms with Crippen LogP contribution in [0, 0.1) is 0 Å². The molecule has 0 aliphatic carbocycles. The fourth-order valence-electron chi connectivity index (χ4n) is 2.82. The molecule has 1 unspecified atom stereocenters. The molecule has 0 amide bonds. The van der Waals surface area contributed by atoms with Gasteiger partial charge in [0, 0.05) is 11.8 Å². The van der Waals surface area contributed by atoms with Crippen molar-refractivity contribution in [3.05, 3.63) is 72.3 Å². The Kier molecular flexibility index (Phi) is 4.82. The Morgan fingerprint density at radius 3 is 2.52 bits per heavy atom. The van der Waals surface area contributed by atoms with Gasteiger partial charge in [-0.15, -0.1) is 0 Å². The third-order valence-electron chi connectivity index (χ3n) is 3.81. The lowest BCUT2D eigenvalue weighted by atomic mass is 10.0. The molecule has 0 heterocycles. The molecule has 3 aromatic rings. The van der Waals surface area contributed by atoms with Crippen LogP contribution in [-0.4, -0.2) is 12.7 Å². The van der Waals surface area contributed by atoms with Gasteiger partial charge in [0.25, 0.3) is 0 Å². The lowest BCUT2D eigenvalue weighted by Crippen LogP contribution is -2.14. The Morgan fingerprint density at radius 1 is 0.913 bits per heavy atom. The summed E-state index contributed by atoms with van der Waals surface area (Å²) in [6.07, 6.45) is 1.01. The van der Waals surface area contributed by atoms with Crippen molar-refractivity contribution in [2.24, 2.45) is 0 Å². The van der Waals surface area contributed by atoms with E-state index in [1.165, 1.54) is 10.9 Å². The van der Waals surface area contributed by atoms with E-state index < -0.39 is 0 Å². The fraction of sp³-hybridized carbons (Fsp3) is 0.238. The van der Waals surface area contributed by atoms with Gasteiger partial charge in [-0.1, -0.05) is 48.5 Å². The quantitative estimate of drug-likeness (QED) is 0.619. The molecule has 23 heavy (non-hydrogen) atoms. The zero-order chi connectivity index (χ0) is 16.1. The molecule has 3 rings (SSSR count). The maximum absolute atomic E-state index is 5.97. The smallest absolute Gasteiger partial charge is 0.127 e. The minimum absolute atomic E-state index is 0.130. The third kappa shape index (κ3) is 3.84. The molecule has 2 heteroatoms. The standard InChI is InChI=1S/C21H22O2/c1-3-22-21-11-7-8-18-15-17(12-13-20(18)21)14-16(2)23-19-9-5-4-6-10-19/h4-13,15-16H,3,14H2,1-2H3. The van der Waals surface area contributed by atoms with Crippen LogP contribution in [0.25, 0.3) is 10.8 Å². The van der Waals surface area contributed by atoms with Crippen LogP contribution >= 0.6 is 0 Å². The Balaban J connectivity index is 1.75. The molecule has 0 N–H and O–H groups in total. The van der Waals surface area contributed by atoms with E-state index in [0.29, 0.717) is 6.61 Å². The molecule has 0 saturated heterocycles. The van der Waals surface area contributed by atoms with Gasteiger partial charge in [-0.2, -0.15) is 0 Å². The normalized spacial score (nSPS) is 12.1. The number of hydrogen-bond donors (Lipinski definition) is 0. The topological polar surface area (TPSA) is 18.5 Å². The van der Waals surface area contributed by atoms with Gasteiger partial charge in [-0.05, 0) is 43.0 Å². The van der Waals surface area contributed by atoms with E-state index in [-0.39, 0.29) is 6.10 Å². The van der Waals surface area contributed by atoms with Gasteiger partial charge in [-0.25, -0.2) is 0 Å². The Hall–Kier alpha value is -2.48. The number of para-hydroxylation sites is 1. The molecule has 2 nitrogen and oxygen atoms in total. The monoisotopic (exact) mass is 306 g/mol. The van der Waals surface area contributed by atoms with Crippen LogP contribution in [0.15, 0.2) is 66.7 Å². The summed E-state index contributed by atoms with van der Waals surface area (Å²) in [6, 6.07) is 22.7. The second-order valence-electron chi connectivity index (χ2n) is 5.69. The predicted octanol–water partition coefficient (Wildman–Crippen LogP) is 5.25. The first kappa shape index (κ1) is 15.4. The summed E-state index contributed by atoms with van der Waals surface area (Å²) in [5, 5.41) is 2.37. The van der Waals surface area contributed by atoms with Crippen molar-refractivity contribution in [3.63, 3.8) is 0 Å². The van der Waals surface area contributed by atoms with Gasteiger partial charge in [-0.3, -0.25) is 0 Å². The summed E-state index contributed by atoms with van der Waals surface area (Å²) < 4.78 is 11.7. The highest BCUT2D eigenvalue weighted by Gasteiger charge is 2.08. The highest BCUT2D eigenvalue weighted by atomic mass is 16.5. The lowest BCUT2D eigenvalue weighted by Gasteiger charge is -2.15. The summed E-state index contributed by atoms with van der Waals surface area (Å²) in [5.41, 5.74) is 1.27. The zero-order valence-corrected chi connectivity index (χ0v) is 13.7. The van der Waals surface area contributed by atoms with Crippen LogP contribution in [0.2, 0.25) is 0 Å². The van der Waals surface area contributed by atoms with Crippen molar-refractivity contribution in [1.82, 2.24) is 0 Å². The largest absolute Gasteiger partial charge is 0.493 e. The van der Waals surface area contributed by atoms with Crippen molar-refractivity contribution in [2.45, 2.75) is 26.4 Å². The molecular weight excluding hydrogens is 284 g/mol. The molecule has 0 aromatic heterocycles. The van der Waals surface area contributed by atoms with E-state index in [9.17, 15) is 0 Å². The number of benzene rings is 3. The molecule has 118 valence electrons. The van der Waals surface area contributed by atoms with Gasteiger partial charge in [0.05, 0.1) is 12.7 Å². The highest BCUT2D eigenvalue weighted by molar-refractivity contribution is 5.88. The summed E-state index contributed by atoms with van der Waals surface area (Å²) in [5.74, 6) is 1.87. The number of fused-ring (bicyclic) bond motifs is 1. The second kappa shape index (κ2) is 7.19. The summed E-state index contributed by atoms with van der Waals surface area (Å²) in [4.78, 5) is 0. The van der Waals surface area contributed by atoms with E-state index >= 15 is 0 Å². The molecule has 0 bridgehead atoms. The average Bonchev–Trinajstić information content (AvgIpc) is 2.56. The average molecular weight is 306 g/mol. The maximum atomic E-state index is 5.97. The van der Waals surface area contributed by atoms with Gasteiger partial charge in [0.15, 0.2) is 0 Å². The lowest BCUT2D eigenvalue weighted by molar-refractivity contribution is 0.222. The van der Waals surface area contributed by atoms with Crippen molar-refractivity contribution in [2.75, 3.05) is 6.61 Å². The first-order chi connectivity index (χ1) is 11.3. The van der Waals surface area contributed by atoms with Crippen molar-refractivity contribution in [3.8, 4) is 11.5 Å². The van der Waals surface area contributed by atoms with Crippen LogP contribution < -0.4 is 9.47 Å². The fourth-order valence-corrected chi connectivity index (χ4v) is 2.82. The van der Waals surface area contributed by atoms with Crippen LogP contribution in [0.4, 0.5) is 0 Å². The van der Waals surface area contributed by atoms with E-state index in [1.54, 1.807) is 0 Å². The summed E-state index contributed by atoms with van der Waals surface area (Å²) >= 11 is 0. The molecule has 0 spiro atoms. The SMILES string of the molecule is CCOc1cccc2cc(CC(C)Oc3ccccc3)ccc12. The molecule has 3 aromatic carbocycles. The second-order valence-corrected chi connectivity index (χ2v) is 5.69. The summed E-state index contributed by atoms with van der Waals surface area (Å²) in [6.45, 7) is 4.80. The van der Waals surface area contributed by atoms with Gasteiger partial charge < -0.3 is 9.47 Å². The van der Waals surface area contributed by atoms with E-state index in [0.717, 1.165) is 23.3 Å². The minimum Gasteiger partial charge on any atom is -0.493 e.